The normalized spacial score (nSPS) is 21.8. The van der Waals surface area contributed by atoms with Gasteiger partial charge in [-0.15, -0.1) is 0 Å². The molecule has 134 valence electrons. The molecule has 1 fully saturated rings. The summed E-state index contributed by atoms with van der Waals surface area (Å²) >= 11 is 0. The fraction of sp³-hybridized carbons (Fsp3) is 0.688. The van der Waals surface area contributed by atoms with Crippen molar-refractivity contribution >= 4 is 5.97 Å². The fourth-order valence-electron chi connectivity index (χ4n) is 2.85. The Hall–Kier alpha value is -1.93. The molecule has 1 aromatic rings. The van der Waals surface area contributed by atoms with Gasteiger partial charge in [-0.25, -0.2) is 4.79 Å². The van der Waals surface area contributed by atoms with E-state index in [1.54, 1.807) is 0 Å². The smallest absolute Gasteiger partial charge is 0.330 e. The van der Waals surface area contributed by atoms with Gasteiger partial charge in [0.05, 0.1) is 12.6 Å². The lowest BCUT2D eigenvalue weighted by Crippen LogP contribution is -2.36. The second kappa shape index (κ2) is 8.25. The van der Waals surface area contributed by atoms with Crippen LogP contribution < -0.4 is 16.6 Å². The van der Waals surface area contributed by atoms with Crippen LogP contribution in [-0.2, 0) is 16.1 Å². The summed E-state index contributed by atoms with van der Waals surface area (Å²) < 4.78 is 7.36. The lowest BCUT2D eigenvalue weighted by atomic mass is 10.00. The third-order valence-electron chi connectivity index (χ3n) is 4.39. The number of carbonyl (C=O) groups is 1. The summed E-state index contributed by atoms with van der Waals surface area (Å²) in [5.41, 5.74) is -0.704. The van der Waals surface area contributed by atoms with E-state index in [1.165, 1.54) is 10.8 Å². The highest BCUT2D eigenvalue weighted by Gasteiger charge is 2.28. The van der Waals surface area contributed by atoms with Crippen molar-refractivity contribution in [2.45, 2.75) is 58.4 Å². The Bertz CT molecular complexity index is 681. The Morgan fingerprint density at radius 3 is 2.92 bits per heavy atom. The van der Waals surface area contributed by atoms with Crippen molar-refractivity contribution in [2.24, 2.45) is 5.92 Å². The molecule has 1 aliphatic rings. The Kier molecular flexibility index (Phi) is 6.33. The Morgan fingerprint density at radius 1 is 1.50 bits per heavy atom. The summed E-state index contributed by atoms with van der Waals surface area (Å²) in [7, 11) is 0. The summed E-state index contributed by atoms with van der Waals surface area (Å²) in [6.45, 7) is 4.13. The molecule has 0 amide bonds. The predicted molar refractivity (Wildman–Crippen MR) is 87.9 cm³/mol. The molecule has 3 N–H and O–H groups in total. The van der Waals surface area contributed by atoms with Gasteiger partial charge in [0.2, 0.25) is 0 Å². The van der Waals surface area contributed by atoms with Crippen LogP contribution in [0, 0.1) is 5.92 Å². The highest BCUT2D eigenvalue weighted by Crippen LogP contribution is 2.31. The van der Waals surface area contributed by atoms with E-state index in [0.29, 0.717) is 11.5 Å². The van der Waals surface area contributed by atoms with Gasteiger partial charge in [0.15, 0.2) is 0 Å². The molecule has 1 saturated heterocycles. The lowest BCUT2D eigenvalue weighted by Gasteiger charge is -2.18. The topological polar surface area (TPSA) is 113 Å². The Labute approximate surface area is 139 Å². The number of H-pyrrole nitrogens is 1. The molecule has 8 nitrogen and oxygen atoms in total. The van der Waals surface area contributed by atoms with Crippen LogP contribution in [0.15, 0.2) is 15.8 Å². The first-order valence-electron chi connectivity index (χ1n) is 8.33. The minimum atomic E-state index is -1.01. The quantitative estimate of drug-likeness (QED) is 0.646. The number of carboxylic acids is 1. The minimum Gasteiger partial charge on any atom is -0.480 e. The van der Waals surface area contributed by atoms with E-state index in [9.17, 15) is 14.4 Å². The zero-order valence-electron chi connectivity index (χ0n) is 14.1. The first kappa shape index (κ1) is 18.4. The van der Waals surface area contributed by atoms with E-state index >= 15 is 0 Å². The number of ether oxygens (including phenoxy) is 1. The van der Waals surface area contributed by atoms with Gasteiger partial charge in [-0.1, -0.05) is 20.3 Å². The van der Waals surface area contributed by atoms with Crippen LogP contribution in [-0.4, -0.2) is 33.3 Å². The molecule has 3 unspecified atom stereocenters. The van der Waals surface area contributed by atoms with Crippen LogP contribution in [0.3, 0.4) is 0 Å². The zero-order chi connectivity index (χ0) is 17.7. The third kappa shape index (κ3) is 4.78. The van der Waals surface area contributed by atoms with Crippen LogP contribution in [0.25, 0.3) is 0 Å². The molecule has 2 rings (SSSR count). The molecule has 0 aliphatic carbocycles. The van der Waals surface area contributed by atoms with E-state index in [2.05, 4.69) is 24.1 Å². The lowest BCUT2D eigenvalue weighted by molar-refractivity contribution is -0.136. The van der Waals surface area contributed by atoms with Gasteiger partial charge in [0.1, 0.15) is 6.23 Å². The zero-order valence-corrected chi connectivity index (χ0v) is 14.1. The molecule has 8 heteroatoms. The highest BCUT2D eigenvalue weighted by molar-refractivity contribution is 5.68. The molecule has 0 bridgehead atoms. The molecule has 3 atom stereocenters. The van der Waals surface area contributed by atoms with Gasteiger partial charge in [-0.2, -0.15) is 0 Å². The van der Waals surface area contributed by atoms with Crippen molar-refractivity contribution in [3.05, 3.63) is 32.6 Å². The summed E-state index contributed by atoms with van der Waals surface area (Å²) in [6, 6.07) is 0. The molecule has 0 radical (unpaired) electrons. The molecule has 0 aromatic carbocycles. The molecule has 2 heterocycles. The van der Waals surface area contributed by atoms with Crippen LogP contribution in [0.4, 0.5) is 0 Å². The van der Waals surface area contributed by atoms with E-state index in [1.807, 2.05) is 0 Å². The molecular formula is C16H25N3O5. The van der Waals surface area contributed by atoms with Crippen molar-refractivity contribution in [3.63, 3.8) is 0 Å². The van der Waals surface area contributed by atoms with Gasteiger partial charge in [-0.3, -0.25) is 19.1 Å². The monoisotopic (exact) mass is 339 g/mol. The van der Waals surface area contributed by atoms with Crippen molar-refractivity contribution in [2.75, 3.05) is 6.54 Å². The standard InChI is InChI=1S/C16H25N3O5/c1-3-10(2)6-12-4-5-13(24-12)19-9-11(7-17-8-14(20)21)15(22)18-16(19)23/h9-10,12-13,17H,3-8H2,1-2H3,(H,20,21)(H,18,22,23). The number of aromatic amines is 1. The summed E-state index contributed by atoms with van der Waals surface area (Å²) in [6.07, 6.45) is 4.84. The van der Waals surface area contributed by atoms with Gasteiger partial charge in [0, 0.05) is 18.3 Å². The third-order valence-corrected chi connectivity index (χ3v) is 4.39. The summed E-state index contributed by atoms with van der Waals surface area (Å²) in [4.78, 5) is 36.7. The second-order valence-corrected chi connectivity index (χ2v) is 6.36. The maximum Gasteiger partial charge on any atom is 0.330 e. The maximum atomic E-state index is 12.1. The van der Waals surface area contributed by atoms with Crippen LogP contribution in [0.5, 0.6) is 0 Å². The Balaban J connectivity index is 2.08. The number of rotatable bonds is 8. The maximum absolute atomic E-state index is 12.1. The average Bonchev–Trinajstić information content (AvgIpc) is 2.97. The van der Waals surface area contributed by atoms with Gasteiger partial charge in [-0.05, 0) is 25.2 Å². The number of aromatic nitrogens is 2. The number of aliphatic carboxylic acids is 1. The number of hydrogen-bond donors (Lipinski definition) is 3. The molecule has 0 saturated carbocycles. The number of nitrogens with one attached hydrogen (secondary N) is 2. The number of nitrogens with zero attached hydrogens (tertiary/aromatic N) is 1. The molecular weight excluding hydrogens is 314 g/mol. The average molecular weight is 339 g/mol. The van der Waals surface area contributed by atoms with Crippen LogP contribution in [0.2, 0.25) is 0 Å². The summed E-state index contributed by atoms with van der Waals surface area (Å²) in [5, 5.41) is 11.3. The highest BCUT2D eigenvalue weighted by atomic mass is 16.5. The van der Waals surface area contributed by atoms with Gasteiger partial charge in [0.25, 0.3) is 5.56 Å². The largest absolute Gasteiger partial charge is 0.480 e. The molecule has 1 aromatic heterocycles. The van der Waals surface area contributed by atoms with Gasteiger partial charge < -0.3 is 15.2 Å². The number of hydrogen-bond acceptors (Lipinski definition) is 5. The van der Waals surface area contributed by atoms with E-state index in [-0.39, 0.29) is 25.4 Å². The van der Waals surface area contributed by atoms with E-state index < -0.39 is 17.2 Å². The number of carboxylic acid groups (broad SMARTS) is 1. The van der Waals surface area contributed by atoms with E-state index in [4.69, 9.17) is 9.84 Å². The van der Waals surface area contributed by atoms with Crippen molar-refractivity contribution in [1.29, 1.82) is 0 Å². The van der Waals surface area contributed by atoms with Gasteiger partial charge >= 0.3 is 11.7 Å². The Morgan fingerprint density at radius 2 is 2.25 bits per heavy atom. The van der Waals surface area contributed by atoms with Crippen molar-refractivity contribution in [1.82, 2.24) is 14.9 Å². The molecule has 0 spiro atoms. The van der Waals surface area contributed by atoms with E-state index in [0.717, 1.165) is 25.7 Å². The molecule has 24 heavy (non-hydrogen) atoms. The van der Waals surface area contributed by atoms with Crippen LogP contribution >= 0.6 is 0 Å². The fourth-order valence-corrected chi connectivity index (χ4v) is 2.85. The minimum absolute atomic E-state index is 0.0743. The van der Waals surface area contributed by atoms with Crippen molar-refractivity contribution < 1.29 is 14.6 Å². The second-order valence-electron chi connectivity index (χ2n) is 6.36. The molecule has 1 aliphatic heterocycles. The van der Waals surface area contributed by atoms with Crippen LogP contribution in [0.1, 0.15) is 51.3 Å². The predicted octanol–water partition coefficient (Wildman–Crippen LogP) is 0.825. The van der Waals surface area contributed by atoms with Crippen molar-refractivity contribution in [3.8, 4) is 0 Å². The first-order chi connectivity index (χ1) is 11.4. The first-order valence-corrected chi connectivity index (χ1v) is 8.33. The SMILES string of the molecule is CCC(C)CC1CCC(n2cc(CNCC(=O)O)c(=O)[nH]c2=O)O1. The summed E-state index contributed by atoms with van der Waals surface area (Å²) in [5.74, 6) is -0.441.